The van der Waals surface area contributed by atoms with Gasteiger partial charge in [-0.25, -0.2) is 4.79 Å². The lowest BCUT2D eigenvalue weighted by Gasteiger charge is -2.44. The van der Waals surface area contributed by atoms with Gasteiger partial charge in [0.25, 0.3) is 0 Å². The van der Waals surface area contributed by atoms with Gasteiger partial charge in [0.1, 0.15) is 0 Å². The first-order valence-electron chi connectivity index (χ1n) is 9.96. The second-order valence-electron chi connectivity index (χ2n) is 7.94. The van der Waals surface area contributed by atoms with E-state index < -0.39 is 0 Å². The van der Waals surface area contributed by atoms with E-state index in [0.717, 1.165) is 52.4 Å². The first-order valence-corrected chi connectivity index (χ1v) is 9.96. The predicted molar refractivity (Wildman–Crippen MR) is 94.1 cm³/mol. The Balaban J connectivity index is 1.23. The zero-order valence-corrected chi connectivity index (χ0v) is 15.1. The third kappa shape index (κ3) is 5.09. The van der Waals surface area contributed by atoms with E-state index in [9.17, 15) is 4.79 Å². The molecule has 3 fully saturated rings. The number of likely N-dealkylation sites (tertiary alicyclic amines) is 1. The SMILES string of the molecule is O=C(NCCCOCC1CCOC1)N1CCC2(CCCCC2)CC1. The Hall–Kier alpha value is -0.810. The smallest absolute Gasteiger partial charge is 0.317 e. The minimum atomic E-state index is 0.116. The van der Waals surface area contributed by atoms with Crippen LogP contribution in [0, 0.1) is 11.3 Å². The molecule has 1 atom stereocenters. The van der Waals surface area contributed by atoms with Gasteiger partial charge in [-0.2, -0.15) is 0 Å². The van der Waals surface area contributed by atoms with Crippen molar-refractivity contribution in [1.82, 2.24) is 10.2 Å². The summed E-state index contributed by atoms with van der Waals surface area (Å²) < 4.78 is 11.0. The number of hydrogen-bond acceptors (Lipinski definition) is 3. The third-order valence-electron chi connectivity index (χ3n) is 6.14. The van der Waals surface area contributed by atoms with Crippen LogP contribution in [0.15, 0.2) is 0 Å². The van der Waals surface area contributed by atoms with Crippen LogP contribution in [0.1, 0.15) is 57.8 Å². The molecule has 0 aromatic carbocycles. The Morgan fingerprint density at radius 2 is 1.96 bits per heavy atom. The van der Waals surface area contributed by atoms with Crippen molar-refractivity contribution in [3.8, 4) is 0 Å². The summed E-state index contributed by atoms with van der Waals surface area (Å²) in [5, 5.41) is 3.05. The molecule has 2 saturated heterocycles. The molecule has 1 aliphatic carbocycles. The fraction of sp³-hybridized carbons (Fsp3) is 0.947. The van der Waals surface area contributed by atoms with E-state index in [1.54, 1.807) is 0 Å². The van der Waals surface area contributed by atoms with Crippen molar-refractivity contribution in [2.24, 2.45) is 11.3 Å². The van der Waals surface area contributed by atoms with Gasteiger partial charge in [-0.05, 0) is 43.9 Å². The summed E-state index contributed by atoms with van der Waals surface area (Å²) in [5.74, 6) is 0.569. The van der Waals surface area contributed by atoms with Crippen molar-refractivity contribution in [2.75, 3.05) is 46.1 Å². The molecule has 3 aliphatic rings. The largest absolute Gasteiger partial charge is 0.381 e. The number of nitrogens with one attached hydrogen (secondary N) is 1. The number of rotatable bonds is 6. The zero-order chi connectivity index (χ0) is 16.7. The fourth-order valence-electron chi connectivity index (χ4n) is 4.43. The Morgan fingerprint density at radius 3 is 2.67 bits per heavy atom. The number of urea groups is 1. The molecule has 1 spiro atoms. The number of nitrogens with zero attached hydrogens (tertiary/aromatic N) is 1. The second kappa shape index (κ2) is 9.04. The maximum atomic E-state index is 12.3. The summed E-state index contributed by atoms with van der Waals surface area (Å²) in [6, 6.07) is 0.116. The molecule has 0 aromatic rings. The molecular formula is C19H34N2O3. The number of hydrogen-bond donors (Lipinski definition) is 1. The van der Waals surface area contributed by atoms with Crippen molar-refractivity contribution in [3.05, 3.63) is 0 Å². The van der Waals surface area contributed by atoms with Crippen LogP contribution in [0.5, 0.6) is 0 Å². The molecule has 1 saturated carbocycles. The molecule has 1 N–H and O–H groups in total. The molecule has 5 heteroatoms. The number of carbonyl (C=O) groups is 1. The quantitative estimate of drug-likeness (QED) is 0.757. The van der Waals surface area contributed by atoms with Crippen LogP contribution in [-0.4, -0.2) is 57.0 Å². The van der Waals surface area contributed by atoms with Crippen LogP contribution in [0.3, 0.4) is 0 Å². The molecule has 0 radical (unpaired) electrons. The van der Waals surface area contributed by atoms with Gasteiger partial charge in [0.2, 0.25) is 0 Å². The fourth-order valence-corrected chi connectivity index (χ4v) is 4.43. The molecule has 3 rings (SSSR count). The average Bonchev–Trinajstić information content (AvgIpc) is 3.12. The summed E-state index contributed by atoms with van der Waals surface area (Å²) in [5.41, 5.74) is 0.562. The van der Waals surface area contributed by atoms with Crippen LogP contribution in [0.25, 0.3) is 0 Å². The molecule has 138 valence electrons. The lowest BCUT2D eigenvalue weighted by molar-refractivity contribution is 0.0792. The summed E-state index contributed by atoms with van der Waals surface area (Å²) in [6.45, 7) is 5.81. The van der Waals surface area contributed by atoms with Gasteiger partial charge >= 0.3 is 6.03 Å². The number of piperidine rings is 1. The standard InChI is InChI=1S/C19H34N2O3/c22-18(20-10-4-13-23-15-17-5-14-24-16-17)21-11-8-19(9-12-21)6-2-1-3-7-19/h17H,1-16H2,(H,20,22). The Morgan fingerprint density at radius 1 is 1.17 bits per heavy atom. The van der Waals surface area contributed by atoms with Gasteiger partial charge in [0.15, 0.2) is 0 Å². The van der Waals surface area contributed by atoms with Crippen molar-refractivity contribution in [3.63, 3.8) is 0 Å². The number of ether oxygens (including phenoxy) is 2. The highest BCUT2D eigenvalue weighted by molar-refractivity contribution is 5.74. The van der Waals surface area contributed by atoms with Crippen molar-refractivity contribution in [2.45, 2.75) is 57.8 Å². The number of carbonyl (C=O) groups excluding carboxylic acids is 1. The van der Waals surface area contributed by atoms with Crippen LogP contribution >= 0.6 is 0 Å². The maximum Gasteiger partial charge on any atom is 0.317 e. The third-order valence-corrected chi connectivity index (χ3v) is 6.14. The minimum Gasteiger partial charge on any atom is -0.381 e. The summed E-state index contributed by atoms with van der Waals surface area (Å²) in [7, 11) is 0. The molecule has 2 heterocycles. The van der Waals surface area contributed by atoms with Crippen LogP contribution in [-0.2, 0) is 9.47 Å². The Labute approximate surface area is 146 Å². The topological polar surface area (TPSA) is 50.8 Å². The monoisotopic (exact) mass is 338 g/mol. The van der Waals surface area contributed by atoms with Gasteiger partial charge < -0.3 is 19.7 Å². The van der Waals surface area contributed by atoms with Gasteiger partial charge in [-0.15, -0.1) is 0 Å². The van der Waals surface area contributed by atoms with Crippen LogP contribution in [0.4, 0.5) is 4.79 Å². The van der Waals surface area contributed by atoms with Gasteiger partial charge in [-0.1, -0.05) is 19.3 Å². The highest BCUT2D eigenvalue weighted by Gasteiger charge is 2.36. The Kier molecular flexibility index (Phi) is 6.78. The molecule has 5 nitrogen and oxygen atoms in total. The molecule has 24 heavy (non-hydrogen) atoms. The van der Waals surface area contributed by atoms with E-state index in [2.05, 4.69) is 5.32 Å². The normalized spacial score (nSPS) is 26.7. The first-order chi connectivity index (χ1) is 11.8. The van der Waals surface area contributed by atoms with Crippen molar-refractivity contribution in [1.29, 1.82) is 0 Å². The van der Waals surface area contributed by atoms with E-state index in [0.29, 0.717) is 17.9 Å². The van der Waals surface area contributed by atoms with E-state index >= 15 is 0 Å². The average molecular weight is 338 g/mol. The second-order valence-corrected chi connectivity index (χ2v) is 7.94. The molecule has 0 bridgehead atoms. The molecule has 1 unspecified atom stereocenters. The lowest BCUT2D eigenvalue weighted by Crippen LogP contribution is -2.48. The van der Waals surface area contributed by atoms with Crippen molar-refractivity contribution < 1.29 is 14.3 Å². The minimum absolute atomic E-state index is 0.116. The highest BCUT2D eigenvalue weighted by atomic mass is 16.5. The number of amides is 2. The molecule has 0 aromatic heterocycles. The maximum absolute atomic E-state index is 12.3. The molecule has 2 amide bonds. The summed E-state index contributed by atoms with van der Waals surface area (Å²) >= 11 is 0. The van der Waals surface area contributed by atoms with Crippen LogP contribution in [0.2, 0.25) is 0 Å². The Bertz CT molecular complexity index is 380. The van der Waals surface area contributed by atoms with Gasteiger partial charge in [0, 0.05) is 38.8 Å². The van der Waals surface area contributed by atoms with E-state index in [-0.39, 0.29) is 6.03 Å². The predicted octanol–water partition coefficient (Wildman–Crippen LogP) is 3.19. The van der Waals surface area contributed by atoms with Gasteiger partial charge in [0.05, 0.1) is 13.2 Å². The van der Waals surface area contributed by atoms with Crippen molar-refractivity contribution >= 4 is 6.03 Å². The summed E-state index contributed by atoms with van der Waals surface area (Å²) in [4.78, 5) is 14.3. The first kappa shape index (κ1) is 18.0. The van der Waals surface area contributed by atoms with E-state index in [1.807, 2.05) is 4.90 Å². The molecule has 2 aliphatic heterocycles. The van der Waals surface area contributed by atoms with Gasteiger partial charge in [-0.3, -0.25) is 0 Å². The zero-order valence-electron chi connectivity index (χ0n) is 15.1. The van der Waals surface area contributed by atoms with E-state index in [4.69, 9.17) is 9.47 Å². The van der Waals surface area contributed by atoms with E-state index in [1.165, 1.54) is 44.9 Å². The highest BCUT2D eigenvalue weighted by Crippen LogP contribution is 2.44. The lowest BCUT2D eigenvalue weighted by atomic mass is 9.68. The molecular weight excluding hydrogens is 304 g/mol. The van der Waals surface area contributed by atoms with Crippen LogP contribution < -0.4 is 5.32 Å². The summed E-state index contributed by atoms with van der Waals surface area (Å²) in [6.07, 6.45) is 11.3.